The average Bonchev–Trinajstić information content (AvgIpc) is 2.66. The number of aromatic nitrogens is 1. The van der Waals surface area contributed by atoms with Gasteiger partial charge in [-0.1, -0.05) is 0 Å². The normalized spacial score (nSPS) is 22.8. The van der Waals surface area contributed by atoms with Crippen molar-refractivity contribution < 1.29 is 4.79 Å². The molecular weight excluding hydrogens is 314 g/mol. The maximum absolute atomic E-state index is 12.1. The molecule has 2 aromatic heterocycles. The Kier molecular flexibility index (Phi) is 3.09. The number of nitrogens with zero attached hydrogens (tertiary/aromatic N) is 1. The Morgan fingerprint density at radius 3 is 3.00 bits per heavy atom. The number of halogens is 1. The predicted molar refractivity (Wildman–Crippen MR) is 75.8 cm³/mol. The molecule has 3 N–H and O–H groups in total. The van der Waals surface area contributed by atoms with Crippen molar-refractivity contribution >= 4 is 43.4 Å². The van der Waals surface area contributed by atoms with Crippen molar-refractivity contribution in [2.45, 2.75) is 24.9 Å². The van der Waals surface area contributed by atoms with E-state index in [2.05, 4.69) is 26.2 Å². The second kappa shape index (κ2) is 4.60. The third-order valence-corrected chi connectivity index (χ3v) is 5.28. The summed E-state index contributed by atoms with van der Waals surface area (Å²) < 4.78 is 1.80. The first-order valence-corrected chi connectivity index (χ1v) is 7.35. The van der Waals surface area contributed by atoms with E-state index in [0.717, 1.165) is 27.5 Å². The van der Waals surface area contributed by atoms with E-state index in [0.29, 0.717) is 4.88 Å². The van der Waals surface area contributed by atoms with Gasteiger partial charge in [-0.3, -0.25) is 9.78 Å². The Hall–Kier alpha value is -0.980. The lowest BCUT2D eigenvalue weighted by Crippen LogP contribution is -2.50. The number of pyridine rings is 1. The van der Waals surface area contributed by atoms with Crippen LogP contribution in [0.3, 0.4) is 0 Å². The number of rotatable bonds is 2. The summed E-state index contributed by atoms with van der Waals surface area (Å²) in [5.74, 6) is -0.0400. The van der Waals surface area contributed by atoms with Crippen LogP contribution in [0.5, 0.6) is 0 Å². The lowest BCUT2D eigenvalue weighted by molar-refractivity contribution is 0.0914. The second-order valence-electron chi connectivity index (χ2n) is 4.50. The lowest BCUT2D eigenvalue weighted by atomic mass is 9.87. The van der Waals surface area contributed by atoms with Gasteiger partial charge in [0.05, 0.1) is 14.7 Å². The van der Waals surface area contributed by atoms with Crippen LogP contribution >= 0.6 is 27.3 Å². The van der Waals surface area contributed by atoms with Gasteiger partial charge in [0.1, 0.15) is 4.88 Å². The zero-order valence-electron chi connectivity index (χ0n) is 9.52. The van der Waals surface area contributed by atoms with E-state index in [1.807, 2.05) is 12.1 Å². The van der Waals surface area contributed by atoms with Gasteiger partial charge in [-0.25, -0.2) is 0 Å². The topological polar surface area (TPSA) is 68.0 Å². The molecule has 0 spiro atoms. The summed E-state index contributed by atoms with van der Waals surface area (Å²) in [6.07, 6.45) is 3.46. The monoisotopic (exact) mass is 325 g/mol. The molecule has 1 fully saturated rings. The number of hydrogen-bond donors (Lipinski definition) is 2. The van der Waals surface area contributed by atoms with Crippen LogP contribution in [0, 0.1) is 0 Å². The molecule has 1 aliphatic rings. The molecule has 4 nitrogen and oxygen atoms in total. The van der Waals surface area contributed by atoms with Gasteiger partial charge in [0.2, 0.25) is 0 Å². The number of carbonyl (C=O) groups is 1. The summed E-state index contributed by atoms with van der Waals surface area (Å²) in [4.78, 5) is 17.1. The number of carbonyl (C=O) groups excluding carboxylic acids is 1. The SMILES string of the molecule is NC1CC(NC(=O)c2sc3cccnc3c2Br)C1. The molecule has 2 aromatic rings. The van der Waals surface area contributed by atoms with Crippen LogP contribution in [0.25, 0.3) is 10.2 Å². The van der Waals surface area contributed by atoms with Crippen LogP contribution in [0.15, 0.2) is 22.8 Å². The number of thiophene rings is 1. The minimum Gasteiger partial charge on any atom is -0.348 e. The Morgan fingerprint density at radius 1 is 1.56 bits per heavy atom. The molecule has 0 aromatic carbocycles. The van der Waals surface area contributed by atoms with Crippen LogP contribution in [0.4, 0.5) is 0 Å². The summed E-state index contributed by atoms with van der Waals surface area (Å²) in [6.45, 7) is 0. The Labute approximate surface area is 117 Å². The molecule has 3 rings (SSSR count). The van der Waals surface area contributed by atoms with Crippen LogP contribution in [0.1, 0.15) is 22.5 Å². The van der Waals surface area contributed by atoms with Gasteiger partial charge >= 0.3 is 0 Å². The summed E-state index contributed by atoms with van der Waals surface area (Å²) in [6, 6.07) is 4.30. The quantitative estimate of drug-likeness (QED) is 0.890. The minimum atomic E-state index is -0.0400. The first-order valence-electron chi connectivity index (χ1n) is 5.74. The first kappa shape index (κ1) is 12.1. The van der Waals surface area contributed by atoms with Crippen LogP contribution in [-0.4, -0.2) is 23.0 Å². The van der Waals surface area contributed by atoms with Crippen molar-refractivity contribution in [3.8, 4) is 0 Å². The largest absolute Gasteiger partial charge is 0.348 e. The molecule has 0 radical (unpaired) electrons. The number of nitrogens with one attached hydrogen (secondary N) is 1. The number of hydrogen-bond acceptors (Lipinski definition) is 4. The zero-order chi connectivity index (χ0) is 12.7. The maximum Gasteiger partial charge on any atom is 0.262 e. The second-order valence-corrected chi connectivity index (χ2v) is 6.34. The number of nitrogens with two attached hydrogens (primary N) is 1. The molecule has 0 bridgehead atoms. The van der Waals surface area contributed by atoms with E-state index in [1.165, 1.54) is 11.3 Å². The molecule has 1 amide bonds. The van der Waals surface area contributed by atoms with Gasteiger partial charge in [-0.2, -0.15) is 0 Å². The Morgan fingerprint density at radius 2 is 2.33 bits per heavy atom. The van der Waals surface area contributed by atoms with E-state index in [9.17, 15) is 4.79 Å². The molecule has 2 heterocycles. The van der Waals surface area contributed by atoms with Gasteiger partial charge in [-0.05, 0) is 40.9 Å². The maximum atomic E-state index is 12.1. The highest BCUT2D eigenvalue weighted by atomic mass is 79.9. The minimum absolute atomic E-state index is 0.0400. The van der Waals surface area contributed by atoms with E-state index >= 15 is 0 Å². The predicted octanol–water partition coefficient (Wildman–Crippen LogP) is 2.28. The van der Waals surface area contributed by atoms with E-state index in [-0.39, 0.29) is 18.0 Å². The number of fused-ring (bicyclic) bond motifs is 1. The van der Waals surface area contributed by atoms with E-state index in [1.54, 1.807) is 6.20 Å². The van der Waals surface area contributed by atoms with Gasteiger partial charge in [0, 0.05) is 18.3 Å². The molecule has 0 atom stereocenters. The van der Waals surface area contributed by atoms with Crippen molar-refractivity contribution in [3.63, 3.8) is 0 Å². The Bertz CT molecular complexity index is 606. The molecule has 0 saturated heterocycles. The molecule has 1 aliphatic carbocycles. The molecule has 94 valence electrons. The van der Waals surface area contributed by atoms with Crippen molar-refractivity contribution in [1.29, 1.82) is 0 Å². The molecule has 6 heteroatoms. The fraction of sp³-hybridized carbons (Fsp3) is 0.333. The summed E-state index contributed by atoms with van der Waals surface area (Å²) in [5.41, 5.74) is 6.55. The van der Waals surface area contributed by atoms with E-state index in [4.69, 9.17) is 5.73 Å². The van der Waals surface area contributed by atoms with Gasteiger partial charge < -0.3 is 11.1 Å². The highest BCUT2D eigenvalue weighted by molar-refractivity contribution is 9.10. The average molecular weight is 326 g/mol. The third kappa shape index (κ3) is 2.04. The van der Waals surface area contributed by atoms with Gasteiger partial charge in [0.25, 0.3) is 5.91 Å². The third-order valence-electron chi connectivity index (χ3n) is 3.11. The summed E-state index contributed by atoms with van der Waals surface area (Å²) in [5, 5.41) is 3.00. The van der Waals surface area contributed by atoms with Crippen molar-refractivity contribution in [1.82, 2.24) is 10.3 Å². The van der Waals surface area contributed by atoms with Crippen molar-refractivity contribution in [3.05, 3.63) is 27.7 Å². The summed E-state index contributed by atoms with van der Waals surface area (Å²) >= 11 is 4.91. The van der Waals surface area contributed by atoms with Crippen molar-refractivity contribution in [2.24, 2.45) is 5.73 Å². The highest BCUT2D eigenvalue weighted by Gasteiger charge is 2.28. The van der Waals surface area contributed by atoms with E-state index < -0.39 is 0 Å². The fourth-order valence-corrected chi connectivity index (χ4v) is 3.90. The van der Waals surface area contributed by atoms with Crippen LogP contribution in [0.2, 0.25) is 0 Å². The molecule has 0 unspecified atom stereocenters. The fourth-order valence-electron chi connectivity index (χ4n) is 2.08. The molecule has 0 aliphatic heterocycles. The molecular formula is C12H12BrN3OS. The van der Waals surface area contributed by atoms with Crippen LogP contribution in [-0.2, 0) is 0 Å². The summed E-state index contributed by atoms with van der Waals surface area (Å²) in [7, 11) is 0. The van der Waals surface area contributed by atoms with Gasteiger partial charge in [-0.15, -0.1) is 11.3 Å². The standard InChI is InChI=1S/C12H12BrN3OS/c13-9-10-8(2-1-3-15-10)18-11(9)12(17)16-7-4-6(14)5-7/h1-3,6-7H,4-5,14H2,(H,16,17). The lowest BCUT2D eigenvalue weighted by Gasteiger charge is -2.32. The van der Waals surface area contributed by atoms with Crippen molar-refractivity contribution in [2.75, 3.05) is 0 Å². The molecule has 18 heavy (non-hydrogen) atoms. The Balaban J connectivity index is 1.85. The van der Waals surface area contributed by atoms with Crippen LogP contribution < -0.4 is 11.1 Å². The first-order chi connectivity index (χ1) is 8.65. The number of amides is 1. The molecule has 1 saturated carbocycles. The highest BCUT2D eigenvalue weighted by Crippen LogP contribution is 2.34. The smallest absolute Gasteiger partial charge is 0.262 e. The van der Waals surface area contributed by atoms with Gasteiger partial charge in [0.15, 0.2) is 0 Å². The zero-order valence-corrected chi connectivity index (χ0v) is 11.9.